The van der Waals surface area contributed by atoms with Gasteiger partial charge in [0.25, 0.3) is 10.1 Å². The van der Waals surface area contributed by atoms with Crippen LogP contribution in [0, 0.1) is 0 Å². The minimum atomic E-state index is -3.69. The summed E-state index contributed by atoms with van der Waals surface area (Å²) in [5.74, 6) is 0. The van der Waals surface area contributed by atoms with Crippen LogP contribution in [0.25, 0.3) is 0 Å². The third-order valence-electron chi connectivity index (χ3n) is 1.96. The lowest BCUT2D eigenvalue weighted by Crippen LogP contribution is -2.13. The van der Waals surface area contributed by atoms with Crippen molar-refractivity contribution in [2.24, 2.45) is 0 Å². The molecule has 1 rings (SSSR count). The Morgan fingerprint density at radius 3 is 2.39 bits per heavy atom. The van der Waals surface area contributed by atoms with Gasteiger partial charge in [0.1, 0.15) is 6.61 Å². The zero-order valence-electron chi connectivity index (χ0n) is 9.95. The summed E-state index contributed by atoms with van der Waals surface area (Å²) in [5, 5.41) is 0. The molecule has 0 fully saturated rings. The molecule has 0 saturated carbocycles. The van der Waals surface area contributed by atoms with Crippen LogP contribution in [0.4, 0.5) is 0 Å². The predicted molar refractivity (Wildman–Crippen MR) is 66.5 cm³/mol. The molecule has 0 atom stereocenters. The maximum Gasteiger partial charge on any atom is 0.297 e. The molecule has 1 aromatic rings. The van der Waals surface area contributed by atoms with Gasteiger partial charge in [0, 0.05) is 0 Å². The first-order valence-electron chi connectivity index (χ1n) is 5.41. The van der Waals surface area contributed by atoms with Crippen molar-refractivity contribution in [3.8, 4) is 0 Å². The Morgan fingerprint density at radius 1 is 1.06 bits per heavy atom. The van der Waals surface area contributed by atoms with Crippen molar-refractivity contribution in [2.75, 3.05) is 26.4 Å². The highest BCUT2D eigenvalue weighted by Crippen LogP contribution is 2.10. The van der Waals surface area contributed by atoms with Crippen LogP contribution in [0.15, 0.2) is 48.1 Å². The van der Waals surface area contributed by atoms with Crippen molar-refractivity contribution in [3.05, 3.63) is 43.2 Å². The number of rotatable bonds is 9. The molecule has 0 aromatic heterocycles. The van der Waals surface area contributed by atoms with Gasteiger partial charge in [0.2, 0.25) is 0 Å². The van der Waals surface area contributed by atoms with E-state index in [9.17, 15) is 8.42 Å². The molecule has 0 N–H and O–H groups in total. The topological polar surface area (TPSA) is 61.8 Å². The van der Waals surface area contributed by atoms with E-state index in [1.54, 1.807) is 18.2 Å². The summed E-state index contributed by atoms with van der Waals surface area (Å²) in [4.78, 5) is 0.139. The summed E-state index contributed by atoms with van der Waals surface area (Å²) in [5.41, 5.74) is 0. The van der Waals surface area contributed by atoms with Crippen molar-refractivity contribution < 1.29 is 22.1 Å². The molecular formula is C12H16O5S. The van der Waals surface area contributed by atoms with E-state index in [1.807, 2.05) is 0 Å². The van der Waals surface area contributed by atoms with Crippen molar-refractivity contribution in [3.63, 3.8) is 0 Å². The third-order valence-corrected chi connectivity index (χ3v) is 3.29. The summed E-state index contributed by atoms with van der Waals surface area (Å²) in [6.07, 6.45) is 1.32. The Bertz CT molecular complexity index is 441. The van der Waals surface area contributed by atoms with E-state index in [-0.39, 0.29) is 18.1 Å². The first kappa shape index (κ1) is 14.7. The largest absolute Gasteiger partial charge is 0.499 e. The smallest absolute Gasteiger partial charge is 0.297 e. The fourth-order valence-corrected chi connectivity index (χ4v) is 2.06. The van der Waals surface area contributed by atoms with Crippen LogP contribution < -0.4 is 0 Å². The molecule has 6 heteroatoms. The highest BCUT2D eigenvalue weighted by atomic mass is 32.2. The second-order valence-corrected chi connectivity index (χ2v) is 4.85. The van der Waals surface area contributed by atoms with Gasteiger partial charge < -0.3 is 9.47 Å². The summed E-state index contributed by atoms with van der Waals surface area (Å²) in [6.45, 7) is 4.29. The van der Waals surface area contributed by atoms with E-state index in [0.717, 1.165) is 0 Å². The zero-order chi connectivity index (χ0) is 13.3. The van der Waals surface area contributed by atoms with Gasteiger partial charge in [-0.3, -0.25) is 4.18 Å². The molecule has 0 amide bonds. The van der Waals surface area contributed by atoms with Crippen molar-refractivity contribution in [1.29, 1.82) is 0 Å². The standard InChI is InChI=1S/C12H16O5S/c1-2-15-8-9-16-10-11-17-18(13,14)12-6-4-3-5-7-12/h2-7H,1,8-11H2. The SMILES string of the molecule is C=COCCOCCOS(=O)(=O)c1ccccc1. The van der Waals surface area contributed by atoms with Crippen LogP contribution in [0.5, 0.6) is 0 Å². The van der Waals surface area contributed by atoms with Crippen LogP contribution in [0.2, 0.25) is 0 Å². The van der Waals surface area contributed by atoms with Gasteiger partial charge in [0.15, 0.2) is 0 Å². The van der Waals surface area contributed by atoms with Crippen LogP contribution in [0.1, 0.15) is 0 Å². The minimum Gasteiger partial charge on any atom is -0.499 e. The molecule has 0 unspecified atom stereocenters. The van der Waals surface area contributed by atoms with Crippen LogP contribution in [-0.2, 0) is 23.8 Å². The predicted octanol–water partition coefficient (Wildman–Crippen LogP) is 1.57. The molecule has 0 heterocycles. The molecule has 100 valence electrons. The minimum absolute atomic E-state index is 0.0225. The molecule has 0 aliphatic heterocycles. The van der Waals surface area contributed by atoms with Crippen molar-refractivity contribution >= 4 is 10.1 Å². The van der Waals surface area contributed by atoms with E-state index in [0.29, 0.717) is 13.2 Å². The van der Waals surface area contributed by atoms with E-state index in [1.165, 1.54) is 18.4 Å². The summed E-state index contributed by atoms with van der Waals surface area (Å²) < 4.78 is 38.0. The highest BCUT2D eigenvalue weighted by Gasteiger charge is 2.13. The molecule has 0 aliphatic carbocycles. The molecule has 5 nitrogen and oxygen atoms in total. The summed E-state index contributed by atoms with van der Waals surface area (Å²) in [7, 11) is -3.69. The van der Waals surface area contributed by atoms with Crippen LogP contribution in [-0.4, -0.2) is 34.8 Å². The summed E-state index contributed by atoms with van der Waals surface area (Å²) >= 11 is 0. The Kier molecular flexibility index (Phi) is 6.42. The van der Waals surface area contributed by atoms with Crippen LogP contribution in [0.3, 0.4) is 0 Å². The molecule has 0 aliphatic rings. The molecule has 0 spiro atoms. The highest BCUT2D eigenvalue weighted by molar-refractivity contribution is 7.86. The molecule has 18 heavy (non-hydrogen) atoms. The van der Waals surface area contributed by atoms with Crippen LogP contribution >= 0.6 is 0 Å². The Hall–Kier alpha value is -1.37. The molecular weight excluding hydrogens is 256 g/mol. The lowest BCUT2D eigenvalue weighted by molar-refractivity contribution is 0.0666. The normalized spacial score (nSPS) is 11.1. The van der Waals surface area contributed by atoms with Gasteiger partial charge in [-0.15, -0.1) is 0 Å². The van der Waals surface area contributed by atoms with Gasteiger partial charge in [0.05, 0.1) is 31.0 Å². The molecule has 0 radical (unpaired) electrons. The van der Waals surface area contributed by atoms with Gasteiger partial charge in [-0.05, 0) is 12.1 Å². The fourth-order valence-electron chi connectivity index (χ4n) is 1.15. The second kappa shape index (κ2) is 7.86. The average molecular weight is 272 g/mol. The van der Waals surface area contributed by atoms with Crippen molar-refractivity contribution in [1.82, 2.24) is 0 Å². The van der Waals surface area contributed by atoms with E-state index >= 15 is 0 Å². The monoisotopic (exact) mass is 272 g/mol. The van der Waals surface area contributed by atoms with E-state index in [2.05, 4.69) is 6.58 Å². The van der Waals surface area contributed by atoms with E-state index < -0.39 is 10.1 Å². The zero-order valence-corrected chi connectivity index (χ0v) is 10.8. The average Bonchev–Trinajstić information content (AvgIpc) is 2.39. The first-order valence-corrected chi connectivity index (χ1v) is 6.82. The Labute approximate surface area is 107 Å². The second-order valence-electron chi connectivity index (χ2n) is 3.24. The maximum absolute atomic E-state index is 11.7. The molecule has 0 bridgehead atoms. The lowest BCUT2D eigenvalue weighted by atomic mass is 10.4. The molecule has 1 aromatic carbocycles. The summed E-state index contributed by atoms with van der Waals surface area (Å²) in [6, 6.07) is 7.97. The lowest BCUT2D eigenvalue weighted by Gasteiger charge is -2.06. The van der Waals surface area contributed by atoms with Gasteiger partial charge in [-0.1, -0.05) is 24.8 Å². The van der Waals surface area contributed by atoms with Gasteiger partial charge in [-0.25, -0.2) is 0 Å². The maximum atomic E-state index is 11.7. The third kappa shape index (κ3) is 5.31. The first-order chi connectivity index (χ1) is 8.67. The van der Waals surface area contributed by atoms with Gasteiger partial charge in [-0.2, -0.15) is 8.42 Å². The fraction of sp³-hybridized carbons (Fsp3) is 0.333. The number of benzene rings is 1. The van der Waals surface area contributed by atoms with E-state index in [4.69, 9.17) is 13.7 Å². The number of hydrogen-bond acceptors (Lipinski definition) is 5. The van der Waals surface area contributed by atoms with Gasteiger partial charge >= 0.3 is 0 Å². The Morgan fingerprint density at radius 2 is 1.72 bits per heavy atom. The quantitative estimate of drug-likeness (QED) is 0.388. The number of ether oxygens (including phenoxy) is 2. The Balaban J connectivity index is 2.25. The number of hydrogen-bond donors (Lipinski definition) is 0. The van der Waals surface area contributed by atoms with Crippen molar-refractivity contribution in [2.45, 2.75) is 4.90 Å². The molecule has 0 saturated heterocycles.